The number of rotatable bonds is 5. The molecule has 3 aromatic rings. The first-order valence-electron chi connectivity index (χ1n) is 9.20. The Morgan fingerprint density at radius 3 is 2.86 bits per heavy atom. The SMILES string of the molecule is Cc1ccc(C(=O)NC2CC2)cc1Nc1nc(-c2ccc3c(c2)OCO3)cs1. The first kappa shape index (κ1) is 17.1. The Morgan fingerprint density at radius 2 is 2.00 bits per heavy atom. The van der Waals surface area contributed by atoms with Crippen molar-refractivity contribution in [1.29, 1.82) is 0 Å². The first-order chi connectivity index (χ1) is 13.7. The van der Waals surface area contributed by atoms with Gasteiger partial charge in [0, 0.05) is 28.2 Å². The summed E-state index contributed by atoms with van der Waals surface area (Å²) >= 11 is 1.52. The van der Waals surface area contributed by atoms with Gasteiger partial charge in [-0.2, -0.15) is 0 Å². The molecular weight excluding hydrogens is 374 g/mol. The number of carbonyl (C=O) groups excluding carboxylic acids is 1. The van der Waals surface area contributed by atoms with Crippen molar-refractivity contribution in [2.45, 2.75) is 25.8 Å². The van der Waals surface area contributed by atoms with Gasteiger partial charge < -0.3 is 20.1 Å². The molecule has 1 amide bonds. The van der Waals surface area contributed by atoms with Crippen LogP contribution >= 0.6 is 11.3 Å². The maximum Gasteiger partial charge on any atom is 0.251 e. The molecule has 2 heterocycles. The van der Waals surface area contributed by atoms with Crippen molar-refractivity contribution in [2.75, 3.05) is 12.1 Å². The van der Waals surface area contributed by atoms with Crippen molar-refractivity contribution in [1.82, 2.24) is 10.3 Å². The molecule has 142 valence electrons. The Kier molecular flexibility index (Phi) is 4.16. The zero-order valence-electron chi connectivity index (χ0n) is 15.3. The highest BCUT2D eigenvalue weighted by Gasteiger charge is 2.24. The van der Waals surface area contributed by atoms with E-state index in [4.69, 9.17) is 9.47 Å². The number of amides is 1. The van der Waals surface area contributed by atoms with Crippen LogP contribution in [0, 0.1) is 6.92 Å². The van der Waals surface area contributed by atoms with Gasteiger partial charge in [0.1, 0.15) is 0 Å². The molecule has 1 fully saturated rings. The van der Waals surface area contributed by atoms with Gasteiger partial charge in [-0.1, -0.05) is 6.07 Å². The van der Waals surface area contributed by atoms with Crippen LogP contribution in [-0.4, -0.2) is 23.7 Å². The number of fused-ring (bicyclic) bond motifs is 1. The zero-order valence-corrected chi connectivity index (χ0v) is 16.1. The van der Waals surface area contributed by atoms with Gasteiger partial charge in [0.05, 0.1) is 5.69 Å². The van der Waals surface area contributed by atoms with E-state index in [1.54, 1.807) is 0 Å². The normalized spacial score (nSPS) is 14.8. The number of benzene rings is 2. The van der Waals surface area contributed by atoms with Crippen LogP contribution in [-0.2, 0) is 0 Å². The number of aryl methyl sites for hydroxylation is 1. The summed E-state index contributed by atoms with van der Waals surface area (Å²) in [4.78, 5) is 17.0. The number of hydrogen-bond donors (Lipinski definition) is 2. The van der Waals surface area contributed by atoms with Crippen molar-refractivity contribution >= 4 is 28.1 Å². The second-order valence-corrected chi connectivity index (χ2v) is 7.87. The average Bonchev–Trinajstić information content (AvgIpc) is 3.18. The summed E-state index contributed by atoms with van der Waals surface area (Å²) in [6.07, 6.45) is 2.15. The van der Waals surface area contributed by atoms with Gasteiger partial charge in [0.15, 0.2) is 16.6 Å². The Balaban J connectivity index is 1.36. The van der Waals surface area contributed by atoms with Gasteiger partial charge in [-0.3, -0.25) is 4.79 Å². The fourth-order valence-electron chi connectivity index (χ4n) is 3.03. The molecule has 0 unspecified atom stereocenters. The van der Waals surface area contributed by atoms with Crippen LogP contribution in [0.4, 0.5) is 10.8 Å². The van der Waals surface area contributed by atoms with Crippen molar-refractivity contribution < 1.29 is 14.3 Å². The van der Waals surface area contributed by atoms with E-state index >= 15 is 0 Å². The molecule has 2 N–H and O–H groups in total. The molecule has 0 bridgehead atoms. The minimum absolute atomic E-state index is 0.0225. The average molecular weight is 393 g/mol. The van der Waals surface area contributed by atoms with E-state index in [9.17, 15) is 4.79 Å². The minimum atomic E-state index is -0.0225. The molecule has 1 saturated carbocycles. The predicted molar refractivity (Wildman–Crippen MR) is 109 cm³/mol. The van der Waals surface area contributed by atoms with Crippen molar-refractivity contribution in [3.8, 4) is 22.8 Å². The second-order valence-electron chi connectivity index (χ2n) is 7.01. The maximum atomic E-state index is 12.3. The van der Waals surface area contributed by atoms with E-state index in [1.807, 2.05) is 48.7 Å². The smallest absolute Gasteiger partial charge is 0.251 e. The molecule has 2 aliphatic rings. The summed E-state index contributed by atoms with van der Waals surface area (Å²) in [6, 6.07) is 11.9. The van der Waals surface area contributed by atoms with Crippen molar-refractivity contribution in [3.05, 3.63) is 52.9 Å². The van der Waals surface area contributed by atoms with Crippen LogP contribution in [0.25, 0.3) is 11.3 Å². The summed E-state index contributed by atoms with van der Waals surface area (Å²) < 4.78 is 10.8. The van der Waals surface area contributed by atoms with Gasteiger partial charge in [0.25, 0.3) is 5.91 Å². The standard InChI is InChI=1S/C21H19N3O3S/c1-12-2-3-14(20(25)22-15-5-6-15)8-16(12)23-21-24-17(10-28-21)13-4-7-18-19(9-13)27-11-26-18/h2-4,7-10,15H,5-6,11H2,1H3,(H,22,25)(H,23,24). The summed E-state index contributed by atoms with van der Waals surface area (Å²) in [7, 11) is 0. The van der Waals surface area contributed by atoms with Crippen LogP contribution in [0.15, 0.2) is 41.8 Å². The highest BCUT2D eigenvalue weighted by molar-refractivity contribution is 7.14. The van der Waals surface area contributed by atoms with E-state index < -0.39 is 0 Å². The molecule has 28 heavy (non-hydrogen) atoms. The molecule has 6 nitrogen and oxygen atoms in total. The third kappa shape index (κ3) is 3.41. The Bertz CT molecular complexity index is 1060. The van der Waals surface area contributed by atoms with Crippen LogP contribution in [0.3, 0.4) is 0 Å². The van der Waals surface area contributed by atoms with Crippen molar-refractivity contribution in [2.24, 2.45) is 0 Å². The largest absolute Gasteiger partial charge is 0.454 e. The van der Waals surface area contributed by atoms with Gasteiger partial charge in [0.2, 0.25) is 6.79 Å². The Morgan fingerprint density at radius 1 is 1.14 bits per heavy atom. The quantitative estimate of drug-likeness (QED) is 0.669. The Hall–Kier alpha value is -3.06. The van der Waals surface area contributed by atoms with E-state index in [-0.39, 0.29) is 12.7 Å². The molecule has 0 spiro atoms. The lowest BCUT2D eigenvalue weighted by molar-refractivity contribution is 0.0951. The van der Waals surface area contributed by atoms with Crippen LogP contribution in [0.1, 0.15) is 28.8 Å². The number of hydrogen-bond acceptors (Lipinski definition) is 6. The second kappa shape index (κ2) is 6.83. The molecule has 2 aromatic carbocycles. The summed E-state index contributed by atoms with van der Waals surface area (Å²) in [5.74, 6) is 1.48. The third-order valence-electron chi connectivity index (χ3n) is 4.83. The molecule has 0 saturated heterocycles. The number of ether oxygens (including phenoxy) is 2. The highest BCUT2D eigenvalue weighted by Crippen LogP contribution is 2.37. The van der Waals surface area contributed by atoms with E-state index in [2.05, 4.69) is 15.6 Å². The summed E-state index contributed by atoms with van der Waals surface area (Å²) in [5.41, 5.74) is 4.44. The molecule has 1 aromatic heterocycles. The van der Waals surface area contributed by atoms with Gasteiger partial charge in [-0.25, -0.2) is 4.98 Å². The zero-order chi connectivity index (χ0) is 19.1. The van der Waals surface area contributed by atoms with Crippen molar-refractivity contribution in [3.63, 3.8) is 0 Å². The lowest BCUT2D eigenvalue weighted by Gasteiger charge is -2.10. The molecule has 0 atom stereocenters. The molecule has 7 heteroatoms. The minimum Gasteiger partial charge on any atom is -0.454 e. The maximum absolute atomic E-state index is 12.3. The van der Waals surface area contributed by atoms with E-state index in [0.29, 0.717) is 11.6 Å². The monoisotopic (exact) mass is 393 g/mol. The lowest BCUT2D eigenvalue weighted by Crippen LogP contribution is -2.25. The fourth-order valence-corrected chi connectivity index (χ4v) is 3.76. The topological polar surface area (TPSA) is 72.5 Å². The number of nitrogens with zero attached hydrogens (tertiary/aromatic N) is 1. The number of thiazole rings is 1. The molecule has 1 aliphatic heterocycles. The predicted octanol–water partition coefficient (Wildman–Crippen LogP) is 4.48. The van der Waals surface area contributed by atoms with Crippen LogP contribution in [0.5, 0.6) is 11.5 Å². The number of anilines is 2. The third-order valence-corrected chi connectivity index (χ3v) is 5.58. The van der Waals surface area contributed by atoms with Crippen LogP contribution in [0.2, 0.25) is 0 Å². The summed E-state index contributed by atoms with van der Waals surface area (Å²) in [6.45, 7) is 2.27. The molecule has 1 aliphatic carbocycles. The summed E-state index contributed by atoms with van der Waals surface area (Å²) in [5, 5.41) is 9.15. The fraction of sp³-hybridized carbons (Fsp3) is 0.238. The van der Waals surface area contributed by atoms with Gasteiger partial charge in [-0.15, -0.1) is 11.3 Å². The van der Waals surface area contributed by atoms with E-state index in [0.717, 1.165) is 52.0 Å². The molecular formula is C21H19N3O3S. The van der Waals surface area contributed by atoms with E-state index in [1.165, 1.54) is 11.3 Å². The van der Waals surface area contributed by atoms with Gasteiger partial charge >= 0.3 is 0 Å². The molecule has 0 radical (unpaired) electrons. The number of carbonyl (C=O) groups is 1. The van der Waals surface area contributed by atoms with Gasteiger partial charge in [-0.05, 0) is 55.7 Å². The lowest BCUT2D eigenvalue weighted by atomic mass is 10.1. The molecule has 5 rings (SSSR count). The first-order valence-corrected chi connectivity index (χ1v) is 10.1. The highest BCUT2D eigenvalue weighted by atomic mass is 32.1. The Labute approximate surface area is 166 Å². The number of nitrogens with one attached hydrogen (secondary N) is 2. The number of aromatic nitrogens is 1. The van der Waals surface area contributed by atoms with Crippen LogP contribution < -0.4 is 20.1 Å².